The van der Waals surface area contributed by atoms with Gasteiger partial charge in [0.25, 0.3) is 0 Å². The third kappa shape index (κ3) is 5.95. The molecule has 0 saturated heterocycles. The van der Waals surface area contributed by atoms with Crippen molar-refractivity contribution in [2.45, 2.75) is 52.5 Å². The zero-order valence-electron chi connectivity index (χ0n) is 14.9. The Morgan fingerprint density at radius 1 is 1.22 bits per heavy atom. The average molecular weight is 340 g/mol. The molecule has 23 heavy (non-hydrogen) atoms. The van der Waals surface area contributed by atoms with Crippen LogP contribution in [0.5, 0.6) is 0 Å². The molecule has 0 aliphatic rings. The number of hydrogen-bond donors (Lipinski definition) is 1. The Balaban J connectivity index is 2.78. The average Bonchev–Trinajstić information content (AvgIpc) is 2.35. The van der Waals surface area contributed by atoms with Gasteiger partial charge in [-0.05, 0) is 38.3 Å². The molecule has 1 aromatic carbocycles. The van der Waals surface area contributed by atoms with Crippen molar-refractivity contribution in [3.63, 3.8) is 0 Å². The van der Waals surface area contributed by atoms with E-state index in [9.17, 15) is 13.2 Å². The summed E-state index contributed by atoms with van der Waals surface area (Å²) in [6.45, 7) is 9.75. The zero-order valence-corrected chi connectivity index (χ0v) is 15.7. The summed E-state index contributed by atoms with van der Waals surface area (Å²) in [7, 11) is -3.36. The third-order valence-electron chi connectivity index (χ3n) is 3.55. The molecule has 0 atom stereocenters. The molecule has 0 aliphatic heterocycles. The molecule has 6 heteroatoms. The van der Waals surface area contributed by atoms with E-state index >= 15 is 0 Å². The molecule has 130 valence electrons. The summed E-state index contributed by atoms with van der Waals surface area (Å²) >= 11 is 0. The van der Waals surface area contributed by atoms with E-state index < -0.39 is 15.6 Å². The predicted molar refractivity (Wildman–Crippen MR) is 95.1 cm³/mol. The van der Waals surface area contributed by atoms with Crippen LogP contribution in [0.3, 0.4) is 0 Å². The second-order valence-electron chi connectivity index (χ2n) is 7.05. The number of benzene rings is 1. The Hall–Kier alpha value is -1.40. The van der Waals surface area contributed by atoms with Crippen molar-refractivity contribution in [3.05, 3.63) is 29.8 Å². The van der Waals surface area contributed by atoms with Gasteiger partial charge in [0, 0.05) is 24.2 Å². The van der Waals surface area contributed by atoms with Crippen LogP contribution in [-0.4, -0.2) is 37.0 Å². The lowest BCUT2D eigenvalue weighted by Gasteiger charge is -2.33. The molecule has 0 radical (unpaired) electrons. The smallest absolute Gasteiger partial charge is 0.225 e. The lowest BCUT2D eigenvalue weighted by molar-refractivity contribution is -0.116. The lowest BCUT2D eigenvalue weighted by atomic mass is 10.0. The van der Waals surface area contributed by atoms with Crippen LogP contribution in [0.2, 0.25) is 0 Å². The molecule has 1 rings (SSSR count). The molecule has 0 unspecified atom stereocenters. The van der Waals surface area contributed by atoms with Crippen molar-refractivity contribution in [1.82, 2.24) is 4.31 Å². The van der Waals surface area contributed by atoms with E-state index in [1.165, 1.54) is 10.6 Å². The highest BCUT2D eigenvalue weighted by atomic mass is 32.2. The fraction of sp³-hybridized carbons (Fsp3) is 0.588. The van der Waals surface area contributed by atoms with Crippen LogP contribution < -0.4 is 5.32 Å². The first-order valence-corrected chi connectivity index (χ1v) is 9.64. The lowest BCUT2D eigenvalue weighted by Crippen LogP contribution is -2.46. The van der Waals surface area contributed by atoms with Crippen LogP contribution in [-0.2, 0) is 14.8 Å². The topological polar surface area (TPSA) is 66.5 Å². The molecular weight excluding hydrogens is 312 g/mol. The Bertz CT molecular complexity index is 646. The van der Waals surface area contributed by atoms with Crippen molar-refractivity contribution in [1.29, 1.82) is 0 Å². The van der Waals surface area contributed by atoms with Gasteiger partial charge < -0.3 is 5.32 Å². The largest absolute Gasteiger partial charge is 0.326 e. The Kier molecular flexibility index (Phi) is 6.36. The van der Waals surface area contributed by atoms with E-state index in [1.807, 2.05) is 45.0 Å². The van der Waals surface area contributed by atoms with Gasteiger partial charge in [0.05, 0.1) is 6.26 Å². The zero-order chi connectivity index (χ0) is 17.8. The predicted octanol–water partition coefficient (Wildman–Crippen LogP) is 3.20. The number of carbonyl (C=O) groups excluding carboxylic acids is 1. The maximum Gasteiger partial charge on any atom is 0.225 e. The van der Waals surface area contributed by atoms with E-state index in [-0.39, 0.29) is 18.9 Å². The summed E-state index contributed by atoms with van der Waals surface area (Å²) in [4.78, 5) is 12.2. The van der Waals surface area contributed by atoms with Crippen molar-refractivity contribution in [2.24, 2.45) is 0 Å². The maximum atomic E-state index is 12.2. The van der Waals surface area contributed by atoms with E-state index in [0.717, 1.165) is 11.3 Å². The molecule has 0 aromatic heterocycles. The van der Waals surface area contributed by atoms with Crippen molar-refractivity contribution >= 4 is 21.6 Å². The maximum absolute atomic E-state index is 12.2. The number of carbonyl (C=O) groups is 1. The number of rotatable bonds is 6. The van der Waals surface area contributed by atoms with Gasteiger partial charge in [0.2, 0.25) is 15.9 Å². The van der Waals surface area contributed by atoms with Gasteiger partial charge >= 0.3 is 0 Å². The fourth-order valence-electron chi connectivity index (χ4n) is 2.53. The summed E-state index contributed by atoms with van der Waals surface area (Å²) < 4.78 is 25.1. The molecule has 0 aliphatic carbocycles. The summed E-state index contributed by atoms with van der Waals surface area (Å²) in [5.74, 6) is 0.115. The molecule has 1 amide bonds. The fourth-order valence-corrected chi connectivity index (χ4v) is 3.95. The minimum absolute atomic E-state index is 0.122. The minimum atomic E-state index is -3.36. The summed E-state index contributed by atoms with van der Waals surface area (Å²) in [5, 5.41) is 2.89. The summed E-state index contributed by atoms with van der Waals surface area (Å²) in [6, 6.07) is 7.67. The number of nitrogens with zero attached hydrogens (tertiary/aromatic N) is 1. The highest BCUT2D eigenvalue weighted by molar-refractivity contribution is 7.88. The van der Waals surface area contributed by atoms with Crippen LogP contribution >= 0.6 is 0 Å². The summed E-state index contributed by atoms with van der Waals surface area (Å²) in [5.41, 5.74) is 1.30. The Labute approximate surface area is 140 Å². The highest BCUT2D eigenvalue weighted by Crippen LogP contribution is 2.24. The second-order valence-corrected chi connectivity index (χ2v) is 8.95. The van der Waals surface area contributed by atoms with Gasteiger partial charge in [-0.25, -0.2) is 8.42 Å². The molecule has 0 bridgehead atoms. The molecule has 0 spiro atoms. The van der Waals surface area contributed by atoms with Crippen molar-refractivity contribution < 1.29 is 13.2 Å². The van der Waals surface area contributed by atoms with Gasteiger partial charge in [-0.3, -0.25) is 4.79 Å². The quantitative estimate of drug-likeness (QED) is 0.865. The molecule has 0 fully saturated rings. The SMILES string of the molecule is CC(C)c1ccccc1NC(=O)CCN(C(C)(C)C)S(C)(=O)=O. The van der Waals surface area contributed by atoms with Gasteiger partial charge in [0.15, 0.2) is 0 Å². The van der Waals surface area contributed by atoms with Crippen LogP contribution in [0, 0.1) is 0 Å². The van der Waals surface area contributed by atoms with Crippen LogP contribution in [0.1, 0.15) is 52.5 Å². The van der Waals surface area contributed by atoms with E-state index in [2.05, 4.69) is 19.2 Å². The molecule has 5 nitrogen and oxygen atoms in total. The first-order chi connectivity index (χ1) is 10.4. The minimum Gasteiger partial charge on any atom is -0.326 e. The molecule has 1 aromatic rings. The monoisotopic (exact) mass is 340 g/mol. The third-order valence-corrected chi connectivity index (χ3v) is 5.08. The number of amides is 1. The van der Waals surface area contributed by atoms with Gasteiger partial charge in [0.1, 0.15) is 0 Å². The van der Waals surface area contributed by atoms with Gasteiger partial charge in [-0.15, -0.1) is 0 Å². The van der Waals surface area contributed by atoms with Crippen LogP contribution in [0.25, 0.3) is 0 Å². The van der Waals surface area contributed by atoms with Crippen molar-refractivity contribution in [3.8, 4) is 0 Å². The van der Waals surface area contributed by atoms with E-state index in [1.54, 1.807) is 0 Å². The number of hydrogen-bond acceptors (Lipinski definition) is 3. The van der Waals surface area contributed by atoms with E-state index in [0.29, 0.717) is 5.92 Å². The van der Waals surface area contributed by atoms with Crippen LogP contribution in [0.15, 0.2) is 24.3 Å². The molecular formula is C17H28N2O3S. The highest BCUT2D eigenvalue weighted by Gasteiger charge is 2.29. The number of anilines is 1. The Morgan fingerprint density at radius 2 is 1.78 bits per heavy atom. The van der Waals surface area contributed by atoms with E-state index in [4.69, 9.17) is 0 Å². The molecule has 0 heterocycles. The standard InChI is InChI=1S/C17H28N2O3S/c1-13(2)14-9-7-8-10-15(14)18-16(20)11-12-19(17(3,4)5)23(6,21)22/h7-10,13H,11-12H2,1-6H3,(H,18,20). The number of sulfonamides is 1. The Morgan fingerprint density at radius 3 is 2.26 bits per heavy atom. The van der Waals surface area contributed by atoms with Crippen molar-refractivity contribution in [2.75, 3.05) is 18.1 Å². The van der Waals surface area contributed by atoms with Gasteiger partial charge in [-0.1, -0.05) is 32.0 Å². The first-order valence-electron chi connectivity index (χ1n) is 7.79. The molecule has 0 saturated carbocycles. The second kappa shape index (κ2) is 7.45. The first kappa shape index (κ1) is 19.6. The normalized spacial score (nSPS) is 12.7. The number of nitrogens with one attached hydrogen (secondary N) is 1. The van der Waals surface area contributed by atoms with Gasteiger partial charge in [-0.2, -0.15) is 4.31 Å². The van der Waals surface area contributed by atoms with Crippen LogP contribution in [0.4, 0.5) is 5.69 Å². The molecule has 1 N–H and O–H groups in total. The number of para-hydroxylation sites is 1. The summed E-state index contributed by atoms with van der Waals surface area (Å²) in [6.07, 6.45) is 1.29.